The molecule has 0 spiro atoms. The highest BCUT2D eigenvalue weighted by atomic mass is 19.1. The van der Waals surface area contributed by atoms with Crippen molar-refractivity contribution >= 4 is 17.7 Å². The smallest absolute Gasteiger partial charge is 0.414 e. The van der Waals surface area contributed by atoms with Crippen LogP contribution in [0.5, 0.6) is 0 Å². The molecular weight excluding hydrogens is 399 g/mol. The van der Waals surface area contributed by atoms with E-state index in [0.717, 1.165) is 31.6 Å². The maximum Gasteiger partial charge on any atom is 0.414 e. The van der Waals surface area contributed by atoms with Crippen molar-refractivity contribution < 1.29 is 18.7 Å². The fourth-order valence-electron chi connectivity index (χ4n) is 4.06. The molecule has 8 heteroatoms. The van der Waals surface area contributed by atoms with E-state index in [0.29, 0.717) is 11.3 Å². The van der Waals surface area contributed by atoms with Gasteiger partial charge in [0, 0.05) is 38.2 Å². The molecule has 0 saturated carbocycles. The second-order valence-electron chi connectivity index (χ2n) is 8.20. The minimum absolute atomic E-state index is 0.195. The van der Waals surface area contributed by atoms with E-state index in [4.69, 9.17) is 10.5 Å². The maximum atomic E-state index is 14.9. The number of cyclic esters (lactones) is 1. The molecule has 0 aromatic heterocycles. The molecule has 2 aromatic carbocycles. The Morgan fingerprint density at radius 3 is 2.65 bits per heavy atom. The number of rotatable bonds is 6. The normalized spacial score (nSPS) is 21.4. The molecule has 0 bridgehead atoms. The van der Waals surface area contributed by atoms with Gasteiger partial charge in [-0.3, -0.25) is 14.6 Å². The Kier molecular flexibility index (Phi) is 6.20. The molecule has 0 radical (unpaired) electrons. The summed E-state index contributed by atoms with van der Waals surface area (Å²) in [6, 6.07) is 12.8. The van der Waals surface area contributed by atoms with Crippen LogP contribution in [0.2, 0.25) is 0 Å². The van der Waals surface area contributed by atoms with Gasteiger partial charge < -0.3 is 15.8 Å². The van der Waals surface area contributed by atoms with Crippen molar-refractivity contribution in [3.63, 3.8) is 0 Å². The Balaban J connectivity index is 1.43. The van der Waals surface area contributed by atoms with Crippen molar-refractivity contribution in [2.75, 3.05) is 31.1 Å². The average Bonchev–Trinajstić information content (AvgIpc) is 3.32. The number of halogens is 1. The monoisotopic (exact) mass is 426 g/mol. The van der Waals surface area contributed by atoms with Gasteiger partial charge in [-0.15, -0.1) is 0 Å². The topological polar surface area (TPSA) is 87.9 Å². The Morgan fingerprint density at radius 2 is 2.00 bits per heavy atom. The zero-order chi connectivity index (χ0) is 22.0. The summed E-state index contributed by atoms with van der Waals surface area (Å²) in [5.41, 5.74) is 8.81. The van der Waals surface area contributed by atoms with Gasteiger partial charge in [0.15, 0.2) is 0 Å². The van der Waals surface area contributed by atoms with Crippen molar-refractivity contribution in [2.45, 2.75) is 32.0 Å². The zero-order valence-corrected chi connectivity index (χ0v) is 17.5. The molecule has 2 fully saturated rings. The first-order chi connectivity index (χ1) is 14.9. The van der Waals surface area contributed by atoms with Crippen LogP contribution in [0.15, 0.2) is 42.5 Å². The van der Waals surface area contributed by atoms with Crippen LogP contribution in [0.1, 0.15) is 18.9 Å². The minimum Gasteiger partial charge on any atom is -0.442 e. The van der Waals surface area contributed by atoms with Gasteiger partial charge >= 0.3 is 6.09 Å². The van der Waals surface area contributed by atoms with Crippen LogP contribution in [0.3, 0.4) is 0 Å². The standard InChI is InChI=1S/C23H27FN4O3/c1-15(29)26-11-20-14-28(23(30)31-20)19-6-7-21(22(24)10-19)17-4-2-16(3-5-17)12-27-9-8-18(25)13-27/h2-7,10,18,20H,8-9,11-14,25H2,1H3,(H,26,29). The number of hydrogen-bond donors (Lipinski definition) is 2. The molecule has 3 N–H and O–H groups in total. The number of benzene rings is 2. The molecule has 2 unspecified atom stereocenters. The van der Waals surface area contributed by atoms with Gasteiger partial charge in [0.05, 0.1) is 18.8 Å². The summed E-state index contributed by atoms with van der Waals surface area (Å²) in [6.07, 6.45) is 0.0131. The summed E-state index contributed by atoms with van der Waals surface area (Å²) >= 11 is 0. The van der Waals surface area contributed by atoms with E-state index in [-0.39, 0.29) is 25.0 Å². The van der Waals surface area contributed by atoms with Gasteiger partial charge in [-0.05, 0) is 35.7 Å². The molecule has 2 aliphatic heterocycles. The fraction of sp³-hybridized carbons (Fsp3) is 0.391. The largest absolute Gasteiger partial charge is 0.442 e. The molecule has 0 aliphatic carbocycles. The highest BCUT2D eigenvalue weighted by Gasteiger charge is 2.32. The van der Waals surface area contributed by atoms with E-state index in [1.54, 1.807) is 12.1 Å². The predicted molar refractivity (Wildman–Crippen MR) is 116 cm³/mol. The Hall–Kier alpha value is -2.97. The predicted octanol–water partition coefficient (Wildman–Crippen LogP) is 2.49. The molecule has 4 rings (SSSR count). The Bertz CT molecular complexity index is 966. The second kappa shape index (κ2) is 9.03. The molecule has 2 aromatic rings. The van der Waals surface area contributed by atoms with Crippen molar-refractivity contribution in [3.8, 4) is 11.1 Å². The van der Waals surface area contributed by atoms with Crippen molar-refractivity contribution in [3.05, 3.63) is 53.8 Å². The van der Waals surface area contributed by atoms with E-state index in [9.17, 15) is 14.0 Å². The van der Waals surface area contributed by atoms with Gasteiger partial charge in [-0.2, -0.15) is 0 Å². The molecular formula is C23H27FN4O3. The van der Waals surface area contributed by atoms with Gasteiger partial charge in [0.25, 0.3) is 0 Å². The van der Waals surface area contributed by atoms with Crippen LogP contribution < -0.4 is 16.0 Å². The summed E-state index contributed by atoms with van der Waals surface area (Å²) < 4.78 is 20.1. The van der Waals surface area contributed by atoms with Crippen LogP contribution >= 0.6 is 0 Å². The van der Waals surface area contributed by atoms with E-state index in [2.05, 4.69) is 10.2 Å². The first-order valence-electron chi connectivity index (χ1n) is 10.5. The fourth-order valence-corrected chi connectivity index (χ4v) is 4.06. The first kappa shape index (κ1) is 21.3. The van der Waals surface area contributed by atoms with Crippen LogP contribution in [0.25, 0.3) is 11.1 Å². The lowest BCUT2D eigenvalue weighted by Gasteiger charge is -2.16. The van der Waals surface area contributed by atoms with E-state index < -0.39 is 18.0 Å². The van der Waals surface area contributed by atoms with E-state index in [1.807, 2.05) is 24.3 Å². The number of nitrogens with one attached hydrogen (secondary N) is 1. The summed E-state index contributed by atoms with van der Waals surface area (Å²) in [6.45, 7) is 4.63. The first-order valence-corrected chi connectivity index (χ1v) is 10.5. The van der Waals surface area contributed by atoms with E-state index >= 15 is 0 Å². The Morgan fingerprint density at radius 1 is 1.23 bits per heavy atom. The molecule has 164 valence electrons. The molecule has 2 amide bonds. The van der Waals surface area contributed by atoms with Gasteiger partial charge in [-0.25, -0.2) is 9.18 Å². The maximum absolute atomic E-state index is 14.9. The van der Waals surface area contributed by atoms with Crippen LogP contribution in [-0.4, -0.2) is 55.2 Å². The second-order valence-corrected chi connectivity index (χ2v) is 8.20. The summed E-state index contributed by atoms with van der Waals surface area (Å²) in [5, 5.41) is 2.63. The highest BCUT2D eigenvalue weighted by molar-refractivity contribution is 5.90. The van der Waals surface area contributed by atoms with Crippen molar-refractivity contribution in [1.29, 1.82) is 0 Å². The van der Waals surface area contributed by atoms with Gasteiger partial charge in [0.1, 0.15) is 11.9 Å². The third kappa shape index (κ3) is 5.03. The highest BCUT2D eigenvalue weighted by Crippen LogP contribution is 2.29. The summed E-state index contributed by atoms with van der Waals surface area (Å²) in [5.74, 6) is -0.603. The number of likely N-dealkylation sites (tertiary alicyclic amines) is 1. The third-order valence-electron chi connectivity index (χ3n) is 5.70. The van der Waals surface area contributed by atoms with Gasteiger partial charge in [0.2, 0.25) is 5.91 Å². The number of ether oxygens (including phenoxy) is 1. The summed E-state index contributed by atoms with van der Waals surface area (Å²) in [7, 11) is 0. The van der Waals surface area contributed by atoms with Crippen molar-refractivity contribution in [2.24, 2.45) is 5.73 Å². The minimum atomic E-state index is -0.548. The van der Waals surface area contributed by atoms with Crippen LogP contribution in [0.4, 0.5) is 14.9 Å². The number of anilines is 1. The lowest BCUT2D eigenvalue weighted by molar-refractivity contribution is -0.119. The lowest BCUT2D eigenvalue weighted by atomic mass is 10.0. The van der Waals surface area contributed by atoms with E-state index in [1.165, 1.54) is 23.5 Å². The molecule has 31 heavy (non-hydrogen) atoms. The summed E-state index contributed by atoms with van der Waals surface area (Å²) in [4.78, 5) is 26.9. The lowest BCUT2D eigenvalue weighted by Crippen LogP contribution is -2.33. The number of carbonyl (C=O) groups excluding carboxylic acids is 2. The number of amides is 2. The SMILES string of the molecule is CC(=O)NCC1CN(c2ccc(-c3ccc(CN4CCC(N)C4)cc3)c(F)c2)C(=O)O1. The molecule has 2 aliphatic rings. The molecule has 2 heterocycles. The van der Waals surface area contributed by atoms with Crippen LogP contribution in [-0.2, 0) is 16.1 Å². The number of nitrogens with zero attached hydrogens (tertiary/aromatic N) is 2. The quantitative estimate of drug-likeness (QED) is 0.741. The zero-order valence-electron chi connectivity index (χ0n) is 17.5. The Labute approximate surface area is 181 Å². The third-order valence-corrected chi connectivity index (χ3v) is 5.70. The molecule has 7 nitrogen and oxygen atoms in total. The number of carbonyl (C=O) groups is 2. The average molecular weight is 426 g/mol. The van der Waals surface area contributed by atoms with Gasteiger partial charge in [-0.1, -0.05) is 24.3 Å². The number of nitrogens with two attached hydrogens (primary N) is 1. The molecule has 2 saturated heterocycles. The number of hydrogen-bond acceptors (Lipinski definition) is 5. The van der Waals surface area contributed by atoms with Crippen LogP contribution in [0, 0.1) is 5.82 Å². The van der Waals surface area contributed by atoms with Crippen molar-refractivity contribution in [1.82, 2.24) is 10.2 Å². The molecule has 2 atom stereocenters.